The number of hydrogen-bond donors (Lipinski definition) is 1. The summed E-state index contributed by atoms with van der Waals surface area (Å²) in [6.45, 7) is 0.237. The van der Waals surface area contributed by atoms with E-state index in [1.165, 1.54) is 30.6 Å². The van der Waals surface area contributed by atoms with Crippen LogP contribution in [0, 0.1) is 5.82 Å². The first-order valence-corrected chi connectivity index (χ1v) is 8.18. The molecule has 0 radical (unpaired) electrons. The van der Waals surface area contributed by atoms with Gasteiger partial charge in [-0.05, 0) is 12.1 Å². The summed E-state index contributed by atoms with van der Waals surface area (Å²) in [5, 5.41) is 3.12. The Morgan fingerprint density at radius 2 is 1.78 bits per heavy atom. The maximum Gasteiger partial charge on any atom is 0.586 e. The van der Waals surface area contributed by atoms with E-state index in [9.17, 15) is 13.2 Å². The molecular weight excluding hydrogens is 383 g/mol. The van der Waals surface area contributed by atoms with E-state index >= 15 is 0 Å². The molecular formula is C18H11ClF3N3O2. The van der Waals surface area contributed by atoms with Crippen molar-refractivity contribution in [1.29, 1.82) is 0 Å². The van der Waals surface area contributed by atoms with Crippen LogP contribution in [0.1, 0.15) is 5.56 Å². The summed E-state index contributed by atoms with van der Waals surface area (Å²) in [5.74, 6) is -0.184. The quantitative estimate of drug-likeness (QED) is 0.685. The fourth-order valence-electron chi connectivity index (χ4n) is 2.55. The molecule has 0 aliphatic carbocycles. The van der Waals surface area contributed by atoms with E-state index in [-0.39, 0.29) is 28.9 Å². The number of hydrogen-bond acceptors (Lipinski definition) is 5. The Labute approximate surface area is 156 Å². The molecule has 0 saturated carbocycles. The lowest BCUT2D eigenvalue weighted by Gasteiger charge is -2.08. The molecule has 27 heavy (non-hydrogen) atoms. The first-order chi connectivity index (χ1) is 12.9. The number of ether oxygens (including phenoxy) is 2. The Bertz CT molecular complexity index is 1000. The molecule has 4 rings (SSSR count). The summed E-state index contributed by atoms with van der Waals surface area (Å²) in [5.41, 5.74) is 1.21. The Morgan fingerprint density at radius 1 is 1.04 bits per heavy atom. The molecule has 1 aromatic heterocycles. The van der Waals surface area contributed by atoms with Crippen molar-refractivity contribution in [2.24, 2.45) is 0 Å². The van der Waals surface area contributed by atoms with Crippen LogP contribution in [0.3, 0.4) is 0 Å². The van der Waals surface area contributed by atoms with Crippen molar-refractivity contribution in [1.82, 2.24) is 9.97 Å². The van der Waals surface area contributed by atoms with E-state index in [1.54, 1.807) is 18.2 Å². The molecule has 2 heterocycles. The monoisotopic (exact) mass is 393 g/mol. The van der Waals surface area contributed by atoms with Crippen LogP contribution in [0.2, 0.25) is 5.02 Å². The summed E-state index contributed by atoms with van der Waals surface area (Å²) < 4.78 is 48.7. The first-order valence-electron chi connectivity index (χ1n) is 7.80. The van der Waals surface area contributed by atoms with Crippen molar-refractivity contribution in [2.45, 2.75) is 12.8 Å². The van der Waals surface area contributed by atoms with Crippen molar-refractivity contribution in [3.8, 4) is 22.8 Å². The van der Waals surface area contributed by atoms with Gasteiger partial charge < -0.3 is 14.8 Å². The predicted octanol–water partition coefficient (Wildman–Crippen LogP) is 4.87. The number of nitrogens with zero attached hydrogens (tertiary/aromatic N) is 2. The summed E-state index contributed by atoms with van der Waals surface area (Å²) in [4.78, 5) is 8.41. The third-order valence-corrected chi connectivity index (χ3v) is 4.15. The summed E-state index contributed by atoms with van der Waals surface area (Å²) in [7, 11) is 0. The van der Waals surface area contributed by atoms with Gasteiger partial charge in [0, 0.05) is 23.7 Å². The molecule has 2 aromatic carbocycles. The largest absolute Gasteiger partial charge is 0.586 e. The van der Waals surface area contributed by atoms with Crippen LogP contribution in [0.5, 0.6) is 11.5 Å². The van der Waals surface area contributed by atoms with E-state index in [0.29, 0.717) is 22.6 Å². The van der Waals surface area contributed by atoms with Gasteiger partial charge in [-0.15, -0.1) is 8.78 Å². The Hall–Kier alpha value is -3.00. The molecule has 0 atom stereocenters. The summed E-state index contributed by atoms with van der Waals surface area (Å²) in [6.07, 6.45) is -0.868. The molecule has 0 amide bonds. The smallest absolute Gasteiger partial charge is 0.395 e. The second-order valence-corrected chi connectivity index (χ2v) is 6.09. The maximum absolute atomic E-state index is 13.6. The highest BCUT2D eigenvalue weighted by atomic mass is 35.5. The minimum atomic E-state index is -3.73. The Kier molecular flexibility index (Phi) is 4.27. The van der Waals surface area contributed by atoms with Crippen LogP contribution >= 0.6 is 11.6 Å². The first kappa shape index (κ1) is 17.4. The van der Waals surface area contributed by atoms with Gasteiger partial charge in [-0.1, -0.05) is 29.8 Å². The molecule has 0 spiro atoms. The molecule has 1 aliphatic rings. The van der Waals surface area contributed by atoms with Gasteiger partial charge in [0.2, 0.25) is 0 Å². The van der Waals surface area contributed by atoms with Crippen molar-refractivity contribution in [3.63, 3.8) is 0 Å². The van der Waals surface area contributed by atoms with Crippen LogP contribution in [-0.2, 0) is 6.54 Å². The lowest BCUT2D eigenvalue weighted by atomic mass is 10.1. The SMILES string of the molecule is Fc1ccccc1CNc1cnc(-c2cc3c(cc2Cl)OC(F)(F)O3)cn1. The highest BCUT2D eigenvalue weighted by molar-refractivity contribution is 6.33. The highest BCUT2D eigenvalue weighted by Gasteiger charge is 2.43. The number of benzene rings is 2. The molecule has 0 bridgehead atoms. The summed E-state index contributed by atoms with van der Waals surface area (Å²) in [6, 6.07) is 8.93. The van der Waals surface area contributed by atoms with E-state index in [1.807, 2.05) is 0 Å². The zero-order chi connectivity index (χ0) is 19.0. The van der Waals surface area contributed by atoms with E-state index in [2.05, 4.69) is 24.8 Å². The molecule has 1 aliphatic heterocycles. The van der Waals surface area contributed by atoms with Gasteiger partial charge >= 0.3 is 6.29 Å². The van der Waals surface area contributed by atoms with Gasteiger partial charge in [-0.3, -0.25) is 4.98 Å². The average molecular weight is 394 g/mol. The van der Waals surface area contributed by atoms with Crippen molar-refractivity contribution >= 4 is 17.4 Å². The highest BCUT2D eigenvalue weighted by Crippen LogP contribution is 2.45. The molecule has 138 valence electrons. The van der Waals surface area contributed by atoms with Crippen LogP contribution in [-0.4, -0.2) is 16.3 Å². The van der Waals surface area contributed by atoms with E-state index in [0.717, 1.165) is 0 Å². The number of rotatable bonds is 4. The van der Waals surface area contributed by atoms with Crippen molar-refractivity contribution < 1.29 is 22.6 Å². The molecule has 0 fully saturated rings. The van der Waals surface area contributed by atoms with Crippen LogP contribution < -0.4 is 14.8 Å². The van der Waals surface area contributed by atoms with Crippen LogP contribution in [0.15, 0.2) is 48.8 Å². The number of nitrogens with one attached hydrogen (secondary N) is 1. The second-order valence-electron chi connectivity index (χ2n) is 5.68. The van der Waals surface area contributed by atoms with Crippen molar-refractivity contribution in [2.75, 3.05) is 5.32 Å². The standard InChI is InChI=1S/C18H11ClF3N3O2/c19-12-6-16-15(26-18(21,22)27-16)5-11(12)14-8-25-17(9-23-14)24-7-10-3-1-2-4-13(10)20/h1-6,8-9H,7H2,(H,24,25). The zero-order valence-corrected chi connectivity index (χ0v) is 14.3. The topological polar surface area (TPSA) is 56.3 Å². The number of fused-ring (bicyclic) bond motifs is 1. The third-order valence-electron chi connectivity index (χ3n) is 3.84. The number of anilines is 1. The van der Waals surface area contributed by atoms with Crippen LogP contribution in [0.4, 0.5) is 19.0 Å². The minimum Gasteiger partial charge on any atom is -0.395 e. The average Bonchev–Trinajstić information content (AvgIpc) is 2.93. The molecule has 1 N–H and O–H groups in total. The van der Waals surface area contributed by atoms with E-state index in [4.69, 9.17) is 11.6 Å². The number of aromatic nitrogens is 2. The second kappa shape index (κ2) is 6.62. The van der Waals surface area contributed by atoms with Gasteiger partial charge in [0.05, 0.1) is 23.1 Å². The molecule has 3 aromatic rings. The van der Waals surface area contributed by atoms with Crippen LogP contribution in [0.25, 0.3) is 11.3 Å². The zero-order valence-electron chi connectivity index (χ0n) is 13.5. The molecule has 0 saturated heterocycles. The third kappa shape index (κ3) is 3.61. The molecule has 5 nitrogen and oxygen atoms in total. The summed E-state index contributed by atoms with van der Waals surface area (Å²) >= 11 is 6.13. The van der Waals surface area contributed by atoms with Gasteiger partial charge in [0.25, 0.3) is 0 Å². The number of alkyl halides is 2. The fourth-order valence-corrected chi connectivity index (χ4v) is 2.80. The van der Waals surface area contributed by atoms with Gasteiger partial charge in [-0.2, -0.15) is 0 Å². The maximum atomic E-state index is 13.6. The molecule has 9 heteroatoms. The predicted molar refractivity (Wildman–Crippen MR) is 92.4 cm³/mol. The number of halogens is 4. The van der Waals surface area contributed by atoms with E-state index < -0.39 is 6.29 Å². The fraction of sp³-hybridized carbons (Fsp3) is 0.111. The van der Waals surface area contributed by atoms with Gasteiger partial charge in [0.1, 0.15) is 11.6 Å². The molecule has 0 unspecified atom stereocenters. The lowest BCUT2D eigenvalue weighted by Crippen LogP contribution is -2.25. The van der Waals surface area contributed by atoms with Gasteiger partial charge in [0.15, 0.2) is 11.5 Å². The lowest BCUT2D eigenvalue weighted by molar-refractivity contribution is -0.286. The normalized spacial score (nSPS) is 14.2. The Balaban J connectivity index is 1.52. The minimum absolute atomic E-state index is 0.136. The van der Waals surface area contributed by atoms with Gasteiger partial charge in [-0.25, -0.2) is 9.37 Å². The Morgan fingerprint density at radius 3 is 2.48 bits per heavy atom. The van der Waals surface area contributed by atoms with Crippen molar-refractivity contribution in [3.05, 3.63) is 65.2 Å².